The molecule has 1 aromatic heterocycles. The molecule has 0 spiro atoms. The van der Waals surface area contributed by atoms with Crippen LogP contribution in [0.1, 0.15) is 45.0 Å². The van der Waals surface area contributed by atoms with Gasteiger partial charge in [0.15, 0.2) is 0 Å². The van der Waals surface area contributed by atoms with Gasteiger partial charge in [0.1, 0.15) is 0 Å². The molecule has 0 saturated heterocycles. The Balaban J connectivity index is 2.82. The maximum atomic E-state index is 11.2. The van der Waals surface area contributed by atoms with E-state index in [-0.39, 0.29) is 5.91 Å². The number of nitrogens with one attached hydrogen (secondary N) is 1. The first-order valence-corrected chi connectivity index (χ1v) is 6.12. The highest BCUT2D eigenvalue weighted by atomic mass is 16.1. The van der Waals surface area contributed by atoms with Gasteiger partial charge in [0.25, 0.3) is 0 Å². The zero-order valence-corrected chi connectivity index (χ0v) is 11.7. The van der Waals surface area contributed by atoms with Crippen molar-refractivity contribution in [3.63, 3.8) is 0 Å². The molecule has 1 amide bonds. The number of nitrogens with two attached hydrogens (primary N) is 1. The summed E-state index contributed by atoms with van der Waals surface area (Å²) >= 11 is 0. The molecule has 5 nitrogen and oxygen atoms in total. The second kappa shape index (κ2) is 5.33. The van der Waals surface area contributed by atoms with Gasteiger partial charge in [0.2, 0.25) is 11.9 Å². The van der Waals surface area contributed by atoms with Crippen molar-refractivity contribution in [1.82, 2.24) is 9.97 Å². The van der Waals surface area contributed by atoms with E-state index in [2.05, 4.69) is 29.1 Å². The SMILES string of the molecule is Cc1cc(C(C)C)nc(NCC(C)(C)C(N)=O)n1. The lowest BCUT2D eigenvalue weighted by atomic mass is 9.93. The highest BCUT2D eigenvalue weighted by Gasteiger charge is 2.24. The second-order valence-electron chi connectivity index (χ2n) is 5.51. The van der Waals surface area contributed by atoms with Gasteiger partial charge < -0.3 is 11.1 Å². The quantitative estimate of drug-likeness (QED) is 0.835. The number of aryl methyl sites for hydroxylation is 1. The van der Waals surface area contributed by atoms with E-state index in [0.29, 0.717) is 18.4 Å². The molecule has 100 valence electrons. The van der Waals surface area contributed by atoms with Crippen molar-refractivity contribution in [2.75, 3.05) is 11.9 Å². The number of hydrogen-bond acceptors (Lipinski definition) is 4. The van der Waals surface area contributed by atoms with E-state index in [1.807, 2.05) is 13.0 Å². The Bertz CT molecular complexity index is 441. The van der Waals surface area contributed by atoms with Crippen LogP contribution in [-0.4, -0.2) is 22.4 Å². The highest BCUT2D eigenvalue weighted by Crippen LogP contribution is 2.17. The molecule has 0 aliphatic carbocycles. The summed E-state index contributed by atoms with van der Waals surface area (Å²) in [6.07, 6.45) is 0. The number of aromatic nitrogens is 2. The van der Waals surface area contributed by atoms with Crippen molar-refractivity contribution >= 4 is 11.9 Å². The van der Waals surface area contributed by atoms with E-state index in [4.69, 9.17) is 5.73 Å². The minimum Gasteiger partial charge on any atom is -0.369 e. The van der Waals surface area contributed by atoms with Crippen molar-refractivity contribution in [2.24, 2.45) is 11.1 Å². The largest absolute Gasteiger partial charge is 0.369 e. The monoisotopic (exact) mass is 250 g/mol. The summed E-state index contributed by atoms with van der Waals surface area (Å²) in [5, 5.41) is 3.08. The van der Waals surface area contributed by atoms with Crippen LogP contribution in [-0.2, 0) is 4.79 Å². The van der Waals surface area contributed by atoms with E-state index in [1.165, 1.54) is 0 Å². The Morgan fingerprint density at radius 1 is 1.44 bits per heavy atom. The number of nitrogens with zero attached hydrogens (tertiary/aromatic N) is 2. The van der Waals surface area contributed by atoms with E-state index >= 15 is 0 Å². The first-order valence-electron chi connectivity index (χ1n) is 6.12. The lowest BCUT2D eigenvalue weighted by molar-refractivity contribution is -0.125. The van der Waals surface area contributed by atoms with Gasteiger partial charge in [-0.15, -0.1) is 0 Å². The second-order valence-corrected chi connectivity index (χ2v) is 5.51. The molecule has 0 aliphatic heterocycles. The molecule has 1 aromatic rings. The number of anilines is 1. The molecule has 1 rings (SSSR count). The van der Waals surface area contributed by atoms with Gasteiger partial charge in [0.05, 0.1) is 5.41 Å². The van der Waals surface area contributed by atoms with E-state index in [1.54, 1.807) is 13.8 Å². The lowest BCUT2D eigenvalue weighted by Crippen LogP contribution is -2.37. The summed E-state index contributed by atoms with van der Waals surface area (Å²) in [5.41, 5.74) is 6.60. The average molecular weight is 250 g/mol. The van der Waals surface area contributed by atoms with Crippen molar-refractivity contribution in [3.8, 4) is 0 Å². The number of amides is 1. The summed E-state index contributed by atoms with van der Waals surface area (Å²) in [4.78, 5) is 20.0. The molecule has 18 heavy (non-hydrogen) atoms. The number of carbonyl (C=O) groups excluding carboxylic acids is 1. The van der Waals surface area contributed by atoms with Crippen LogP contribution >= 0.6 is 0 Å². The molecule has 0 radical (unpaired) electrons. The van der Waals surface area contributed by atoms with E-state index in [0.717, 1.165) is 11.4 Å². The fourth-order valence-electron chi connectivity index (χ4n) is 1.35. The Hall–Kier alpha value is -1.65. The first-order chi connectivity index (χ1) is 8.22. The van der Waals surface area contributed by atoms with Crippen LogP contribution in [0.3, 0.4) is 0 Å². The smallest absolute Gasteiger partial charge is 0.224 e. The molecule has 0 fully saturated rings. The van der Waals surface area contributed by atoms with E-state index < -0.39 is 5.41 Å². The standard InChI is InChI=1S/C13H22N4O/c1-8(2)10-6-9(3)16-12(17-10)15-7-13(4,5)11(14)18/h6,8H,7H2,1-5H3,(H2,14,18)(H,15,16,17). The van der Waals surface area contributed by atoms with Gasteiger partial charge >= 0.3 is 0 Å². The van der Waals surface area contributed by atoms with Crippen molar-refractivity contribution < 1.29 is 4.79 Å². The number of rotatable bonds is 5. The fourth-order valence-corrected chi connectivity index (χ4v) is 1.35. The normalized spacial score (nSPS) is 11.7. The number of carbonyl (C=O) groups is 1. The van der Waals surface area contributed by atoms with Crippen LogP contribution in [0.15, 0.2) is 6.07 Å². The van der Waals surface area contributed by atoms with Crippen molar-refractivity contribution in [1.29, 1.82) is 0 Å². The topological polar surface area (TPSA) is 80.9 Å². The van der Waals surface area contributed by atoms with Crippen molar-refractivity contribution in [2.45, 2.75) is 40.5 Å². The van der Waals surface area contributed by atoms with Gasteiger partial charge in [-0.3, -0.25) is 4.79 Å². The third kappa shape index (κ3) is 3.68. The Kier molecular flexibility index (Phi) is 4.27. The molecule has 5 heteroatoms. The minimum absolute atomic E-state index is 0.341. The molecule has 1 heterocycles. The molecule has 0 aliphatic rings. The maximum Gasteiger partial charge on any atom is 0.224 e. The van der Waals surface area contributed by atoms with Crippen LogP contribution < -0.4 is 11.1 Å². The van der Waals surface area contributed by atoms with Gasteiger partial charge in [-0.1, -0.05) is 13.8 Å². The zero-order chi connectivity index (χ0) is 13.9. The van der Waals surface area contributed by atoms with Gasteiger partial charge in [-0.05, 0) is 32.8 Å². The summed E-state index contributed by atoms with van der Waals surface area (Å²) < 4.78 is 0. The predicted octanol–water partition coefficient (Wildman–Crippen LogP) is 1.83. The summed E-state index contributed by atoms with van der Waals surface area (Å²) in [6.45, 7) is 10.1. The van der Waals surface area contributed by atoms with Gasteiger partial charge in [-0.2, -0.15) is 0 Å². The Morgan fingerprint density at radius 2 is 2.06 bits per heavy atom. The first kappa shape index (κ1) is 14.4. The molecule has 0 atom stereocenters. The predicted molar refractivity (Wildman–Crippen MR) is 72.3 cm³/mol. The minimum atomic E-state index is -0.620. The molecule has 0 unspecified atom stereocenters. The number of primary amides is 1. The Morgan fingerprint density at radius 3 is 2.56 bits per heavy atom. The highest BCUT2D eigenvalue weighted by molar-refractivity contribution is 5.80. The third-order valence-electron chi connectivity index (χ3n) is 2.82. The molecular formula is C13H22N4O. The van der Waals surface area contributed by atoms with Crippen LogP contribution in [0.25, 0.3) is 0 Å². The average Bonchev–Trinajstić information content (AvgIpc) is 2.25. The summed E-state index contributed by atoms with van der Waals surface area (Å²) in [7, 11) is 0. The van der Waals surface area contributed by atoms with Crippen LogP contribution in [0, 0.1) is 12.3 Å². The van der Waals surface area contributed by atoms with Crippen molar-refractivity contribution in [3.05, 3.63) is 17.5 Å². The summed E-state index contributed by atoms with van der Waals surface area (Å²) in [6, 6.07) is 1.97. The van der Waals surface area contributed by atoms with Gasteiger partial charge in [0, 0.05) is 17.9 Å². The molecular weight excluding hydrogens is 228 g/mol. The number of hydrogen-bond donors (Lipinski definition) is 2. The third-order valence-corrected chi connectivity index (χ3v) is 2.82. The lowest BCUT2D eigenvalue weighted by Gasteiger charge is -2.21. The molecule has 3 N–H and O–H groups in total. The zero-order valence-electron chi connectivity index (χ0n) is 11.7. The van der Waals surface area contributed by atoms with Crippen LogP contribution in [0.2, 0.25) is 0 Å². The maximum absolute atomic E-state index is 11.2. The van der Waals surface area contributed by atoms with Crippen LogP contribution in [0.5, 0.6) is 0 Å². The van der Waals surface area contributed by atoms with Crippen LogP contribution in [0.4, 0.5) is 5.95 Å². The molecule has 0 saturated carbocycles. The molecule has 0 bridgehead atoms. The van der Waals surface area contributed by atoms with E-state index in [9.17, 15) is 4.79 Å². The van der Waals surface area contributed by atoms with Gasteiger partial charge in [-0.25, -0.2) is 9.97 Å². The summed E-state index contributed by atoms with van der Waals surface area (Å²) in [5.74, 6) is 0.552. The molecule has 0 aromatic carbocycles. The fraction of sp³-hybridized carbons (Fsp3) is 0.615. The Labute approximate surface area is 108 Å².